The highest BCUT2D eigenvalue weighted by Crippen LogP contribution is 2.30. The summed E-state index contributed by atoms with van der Waals surface area (Å²) in [5.41, 5.74) is 3.79. The van der Waals surface area contributed by atoms with E-state index in [-0.39, 0.29) is 12.5 Å². The Morgan fingerprint density at radius 2 is 1.83 bits per heavy atom. The molecule has 2 aromatic heterocycles. The van der Waals surface area contributed by atoms with E-state index in [1.54, 1.807) is 16.8 Å². The van der Waals surface area contributed by atoms with Crippen LogP contribution in [0, 0.1) is 20.8 Å². The number of alkyl halides is 3. The Bertz CT molecular complexity index is 1040. The molecule has 0 spiro atoms. The van der Waals surface area contributed by atoms with Crippen molar-refractivity contribution in [3.63, 3.8) is 0 Å². The van der Waals surface area contributed by atoms with Gasteiger partial charge in [0.1, 0.15) is 5.69 Å². The fourth-order valence-corrected chi connectivity index (χ4v) is 3.47. The Morgan fingerprint density at radius 1 is 1.07 bits per heavy atom. The van der Waals surface area contributed by atoms with Crippen molar-refractivity contribution in [3.05, 3.63) is 88.0 Å². The number of halogens is 3. The zero-order valence-corrected chi connectivity index (χ0v) is 17.2. The van der Waals surface area contributed by atoms with E-state index in [4.69, 9.17) is 0 Å². The summed E-state index contributed by atoms with van der Waals surface area (Å²) < 4.78 is 41.0. The molecule has 0 aliphatic heterocycles. The normalized spacial score (nSPS) is 11.5. The van der Waals surface area contributed by atoms with Crippen molar-refractivity contribution >= 4 is 5.91 Å². The number of carbonyl (C=O) groups is 1. The molecule has 1 N–H and O–H groups in total. The number of hydrogen-bond acceptors (Lipinski definition) is 2. The van der Waals surface area contributed by atoms with Gasteiger partial charge in [0.05, 0.1) is 5.56 Å². The van der Waals surface area contributed by atoms with E-state index in [1.165, 1.54) is 6.07 Å². The first-order valence-electron chi connectivity index (χ1n) is 9.69. The molecule has 30 heavy (non-hydrogen) atoms. The van der Waals surface area contributed by atoms with Crippen LogP contribution >= 0.6 is 0 Å². The molecular formula is C23H24F3N3O. The van der Waals surface area contributed by atoms with Crippen LogP contribution in [0.5, 0.6) is 0 Å². The molecule has 1 aromatic carbocycles. The molecule has 0 unspecified atom stereocenters. The lowest BCUT2D eigenvalue weighted by molar-refractivity contribution is -0.137. The predicted molar refractivity (Wildman–Crippen MR) is 109 cm³/mol. The fourth-order valence-electron chi connectivity index (χ4n) is 3.47. The van der Waals surface area contributed by atoms with Gasteiger partial charge in [-0.15, -0.1) is 0 Å². The minimum atomic E-state index is -4.40. The lowest BCUT2D eigenvalue weighted by Crippen LogP contribution is -2.29. The number of rotatable bonds is 6. The molecule has 0 aliphatic carbocycles. The topological polar surface area (TPSA) is 46.9 Å². The molecule has 158 valence electrons. The molecule has 0 atom stereocenters. The van der Waals surface area contributed by atoms with Gasteiger partial charge in [-0.25, -0.2) is 0 Å². The zero-order chi connectivity index (χ0) is 21.9. The molecule has 3 aromatic rings. The largest absolute Gasteiger partial charge is 0.416 e. The van der Waals surface area contributed by atoms with Crippen molar-refractivity contribution in [1.82, 2.24) is 14.9 Å². The molecule has 1 amide bonds. The van der Waals surface area contributed by atoms with E-state index >= 15 is 0 Å². The van der Waals surface area contributed by atoms with Crippen molar-refractivity contribution in [2.75, 3.05) is 6.54 Å². The fraction of sp³-hybridized carbons (Fsp3) is 0.304. The highest BCUT2D eigenvalue weighted by Gasteiger charge is 2.30. The van der Waals surface area contributed by atoms with Gasteiger partial charge in [0.25, 0.3) is 5.91 Å². The summed E-state index contributed by atoms with van der Waals surface area (Å²) in [6, 6.07) is 10.8. The van der Waals surface area contributed by atoms with Gasteiger partial charge in [-0.05, 0) is 61.7 Å². The smallest absolute Gasteiger partial charge is 0.350 e. The lowest BCUT2D eigenvalue weighted by Gasteiger charge is -2.14. The molecule has 2 heterocycles. The Hall–Kier alpha value is -3.09. The Balaban J connectivity index is 1.82. The van der Waals surface area contributed by atoms with Crippen molar-refractivity contribution in [2.24, 2.45) is 0 Å². The highest BCUT2D eigenvalue weighted by molar-refractivity contribution is 5.95. The monoisotopic (exact) mass is 415 g/mol. The maximum absolute atomic E-state index is 13.1. The van der Waals surface area contributed by atoms with Crippen LogP contribution in [0.4, 0.5) is 13.2 Å². The number of amides is 1. The van der Waals surface area contributed by atoms with Gasteiger partial charge in [-0.2, -0.15) is 13.2 Å². The van der Waals surface area contributed by atoms with E-state index in [1.807, 2.05) is 39.0 Å². The lowest BCUT2D eigenvalue weighted by atomic mass is 10.1. The number of pyridine rings is 1. The van der Waals surface area contributed by atoms with Gasteiger partial charge in [0.2, 0.25) is 0 Å². The molecule has 0 fully saturated rings. The predicted octanol–water partition coefficient (Wildman–Crippen LogP) is 4.85. The Kier molecular flexibility index (Phi) is 6.29. The van der Waals surface area contributed by atoms with Crippen LogP contribution in [-0.4, -0.2) is 22.0 Å². The van der Waals surface area contributed by atoms with Gasteiger partial charge < -0.3 is 9.88 Å². The molecule has 0 saturated carbocycles. The number of carbonyl (C=O) groups excluding carboxylic acids is 1. The van der Waals surface area contributed by atoms with Crippen molar-refractivity contribution in [2.45, 2.75) is 39.9 Å². The highest BCUT2D eigenvalue weighted by atomic mass is 19.4. The third-order valence-electron chi connectivity index (χ3n) is 5.34. The van der Waals surface area contributed by atoms with Crippen molar-refractivity contribution in [1.29, 1.82) is 0 Å². The number of aromatic nitrogens is 2. The Morgan fingerprint density at radius 3 is 2.50 bits per heavy atom. The maximum atomic E-state index is 13.1. The number of nitrogens with zero attached hydrogens (tertiary/aromatic N) is 2. The van der Waals surface area contributed by atoms with Crippen LogP contribution in [0.15, 0.2) is 48.7 Å². The van der Waals surface area contributed by atoms with Gasteiger partial charge in [-0.1, -0.05) is 18.2 Å². The van der Waals surface area contributed by atoms with Crippen LogP contribution in [0.25, 0.3) is 0 Å². The van der Waals surface area contributed by atoms with Crippen molar-refractivity contribution in [3.8, 4) is 0 Å². The maximum Gasteiger partial charge on any atom is 0.416 e. The van der Waals surface area contributed by atoms with Gasteiger partial charge in [0.15, 0.2) is 0 Å². The third kappa shape index (κ3) is 4.72. The second kappa shape index (κ2) is 8.73. The molecule has 4 nitrogen and oxygen atoms in total. The van der Waals surface area contributed by atoms with E-state index in [9.17, 15) is 18.0 Å². The first-order valence-corrected chi connectivity index (χ1v) is 9.69. The summed E-state index contributed by atoms with van der Waals surface area (Å²) in [7, 11) is 0. The molecule has 0 bridgehead atoms. The summed E-state index contributed by atoms with van der Waals surface area (Å²) in [4.78, 5) is 17.2. The first kappa shape index (κ1) is 21.6. The first-order chi connectivity index (χ1) is 14.2. The third-order valence-corrected chi connectivity index (χ3v) is 5.34. The molecule has 3 rings (SSSR count). The van der Waals surface area contributed by atoms with Gasteiger partial charge in [0, 0.05) is 37.1 Å². The van der Waals surface area contributed by atoms with E-state index in [2.05, 4.69) is 10.3 Å². The van der Waals surface area contributed by atoms with E-state index in [0.29, 0.717) is 24.2 Å². The second-order valence-electron chi connectivity index (χ2n) is 7.30. The second-order valence-corrected chi connectivity index (χ2v) is 7.30. The van der Waals surface area contributed by atoms with Crippen molar-refractivity contribution < 1.29 is 18.0 Å². The summed E-state index contributed by atoms with van der Waals surface area (Å²) >= 11 is 0. The summed E-state index contributed by atoms with van der Waals surface area (Å²) in [6.45, 7) is 6.26. The minimum Gasteiger partial charge on any atom is -0.350 e. The molecule has 0 saturated heterocycles. The van der Waals surface area contributed by atoms with Crippen LogP contribution in [0.2, 0.25) is 0 Å². The van der Waals surface area contributed by atoms with Gasteiger partial charge in [-0.3, -0.25) is 9.78 Å². The average molecular weight is 415 g/mol. The quantitative estimate of drug-likeness (QED) is 0.626. The summed E-state index contributed by atoms with van der Waals surface area (Å²) in [6.07, 6.45) is -2.11. The van der Waals surface area contributed by atoms with Crippen LogP contribution < -0.4 is 5.32 Å². The number of nitrogens with one attached hydrogen (secondary N) is 1. The Labute approximate surface area is 173 Å². The molecule has 7 heteroatoms. The zero-order valence-electron chi connectivity index (χ0n) is 17.2. The number of hydrogen-bond donors (Lipinski definition) is 1. The SMILES string of the molecule is Cc1c(C)c(C(=O)NCCc2ccccn2)n(Cc2cccc(C(F)(F)F)c2)c1C. The standard InChI is InChI=1S/C23H24F3N3O/c1-15-16(2)21(22(30)28-12-10-20-9-4-5-11-27-20)29(17(15)3)14-18-7-6-8-19(13-18)23(24,25)26/h4-9,11,13H,10,12,14H2,1-3H3,(H,28,30). The van der Waals surface area contributed by atoms with E-state index < -0.39 is 11.7 Å². The van der Waals surface area contributed by atoms with Crippen LogP contribution in [0.1, 0.15) is 44.1 Å². The molecule has 0 aliphatic rings. The average Bonchev–Trinajstić information content (AvgIpc) is 2.92. The molecular weight excluding hydrogens is 391 g/mol. The number of benzene rings is 1. The summed E-state index contributed by atoms with van der Waals surface area (Å²) in [5.74, 6) is -0.244. The van der Waals surface area contributed by atoms with E-state index in [0.717, 1.165) is 34.6 Å². The van der Waals surface area contributed by atoms with Crippen LogP contribution in [0.3, 0.4) is 0 Å². The van der Waals surface area contributed by atoms with Crippen LogP contribution in [-0.2, 0) is 19.1 Å². The minimum absolute atomic E-state index is 0.188. The van der Waals surface area contributed by atoms with Gasteiger partial charge >= 0.3 is 6.18 Å². The summed E-state index contributed by atoms with van der Waals surface area (Å²) in [5, 5.41) is 2.91. The molecule has 0 radical (unpaired) electrons.